The van der Waals surface area contributed by atoms with Crippen molar-refractivity contribution in [2.24, 2.45) is 0 Å². The molecule has 1 aromatic heterocycles. The molecule has 0 bridgehead atoms. The molecule has 0 aliphatic rings. The summed E-state index contributed by atoms with van der Waals surface area (Å²) in [6, 6.07) is 3.19. The minimum absolute atomic E-state index is 0.458. The second-order valence-corrected chi connectivity index (χ2v) is 3.58. The smallest absolute Gasteiger partial charge is 0.250 e. The Hall–Kier alpha value is -2.05. The zero-order valence-electron chi connectivity index (χ0n) is 9.02. The summed E-state index contributed by atoms with van der Waals surface area (Å²) in [4.78, 5) is 3.31. The van der Waals surface area contributed by atoms with Gasteiger partial charge in [0, 0.05) is 17.7 Å². The van der Waals surface area contributed by atoms with Crippen LogP contribution in [0.3, 0.4) is 0 Å². The highest BCUT2D eigenvalue weighted by atomic mass is 19.4. The Morgan fingerprint density at radius 1 is 1.05 bits per heavy atom. The van der Waals surface area contributed by atoms with E-state index in [0.29, 0.717) is 18.3 Å². The van der Waals surface area contributed by atoms with Crippen molar-refractivity contribution in [3.8, 4) is 11.3 Å². The molecule has 1 nitrogen and oxygen atoms in total. The lowest BCUT2D eigenvalue weighted by Crippen LogP contribution is -2.06. The fraction of sp³-hybridized carbons (Fsp3) is 0.0833. The van der Waals surface area contributed by atoms with Gasteiger partial charge in [0.1, 0.15) is 17.3 Å². The van der Waals surface area contributed by atoms with Crippen molar-refractivity contribution in [3.63, 3.8) is 0 Å². The third-order valence-electron chi connectivity index (χ3n) is 2.27. The quantitative estimate of drug-likeness (QED) is 0.718. The maximum absolute atomic E-state index is 13.5. The molecule has 7 heteroatoms. The monoisotopic (exact) mass is 276 g/mol. The molecule has 0 N–H and O–H groups in total. The molecule has 0 saturated heterocycles. The number of alkyl halides is 3. The van der Waals surface area contributed by atoms with Crippen LogP contribution < -0.4 is 0 Å². The van der Waals surface area contributed by atoms with Crippen LogP contribution >= 0.6 is 0 Å². The SMILES string of the molecule is Fc1cnc(-c2ccc(C(F)(F)F)[c]c2F)c(F)c1. The molecule has 2 rings (SSSR count). The molecule has 0 aliphatic carbocycles. The van der Waals surface area contributed by atoms with E-state index in [1.807, 2.05) is 0 Å². The number of rotatable bonds is 1. The molecule has 0 atom stereocenters. The topological polar surface area (TPSA) is 12.9 Å². The number of aromatic nitrogens is 1. The number of pyridine rings is 1. The van der Waals surface area contributed by atoms with E-state index >= 15 is 0 Å². The van der Waals surface area contributed by atoms with Gasteiger partial charge in [-0.15, -0.1) is 0 Å². The molecular weight excluding hydrogens is 272 g/mol. The highest BCUT2D eigenvalue weighted by Crippen LogP contribution is 2.32. The second-order valence-electron chi connectivity index (χ2n) is 3.58. The van der Waals surface area contributed by atoms with Gasteiger partial charge in [-0.2, -0.15) is 13.2 Å². The Bertz CT molecular complexity index is 620. The normalized spacial score (nSPS) is 11.7. The first-order chi connectivity index (χ1) is 8.79. The summed E-state index contributed by atoms with van der Waals surface area (Å²) in [7, 11) is 0. The van der Waals surface area contributed by atoms with E-state index < -0.39 is 40.4 Å². The fourth-order valence-electron chi connectivity index (χ4n) is 1.43. The van der Waals surface area contributed by atoms with Gasteiger partial charge in [-0.1, -0.05) is 0 Å². The lowest BCUT2D eigenvalue weighted by Gasteiger charge is -2.08. The van der Waals surface area contributed by atoms with Crippen LogP contribution in [0.1, 0.15) is 5.56 Å². The molecule has 0 amide bonds. The van der Waals surface area contributed by atoms with Crippen molar-refractivity contribution in [1.29, 1.82) is 0 Å². The van der Waals surface area contributed by atoms with Gasteiger partial charge in [-0.3, -0.25) is 4.98 Å². The zero-order chi connectivity index (χ0) is 14.2. The second kappa shape index (κ2) is 4.56. The van der Waals surface area contributed by atoms with Crippen molar-refractivity contribution in [2.45, 2.75) is 6.18 Å². The summed E-state index contributed by atoms with van der Waals surface area (Å²) >= 11 is 0. The zero-order valence-corrected chi connectivity index (χ0v) is 9.02. The van der Waals surface area contributed by atoms with Crippen molar-refractivity contribution >= 4 is 0 Å². The van der Waals surface area contributed by atoms with Crippen LogP contribution in [0.4, 0.5) is 26.3 Å². The van der Waals surface area contributed by atoms with Gasteiger partial charge >= 0.3 is 6.18 Å². The van der Waals surface area contributed by atoms with Crippen molar-refractivity contribution in [3.05, 3.63) is 53.5 Å². The van der Waals surface area contributed by atoms with Gasteiger partial charge in [-0.25, -0.2) is 13.2 Å². The van der Waals surface area contributed by atoms with Crippen molar-refractivity contribution in [1.82, 2.24) is 4.98 Å². The van der Waals surface area contributed by atoms with Gasteiger partial charge < -0.3 is 0 Å². The Labute approximate surface area is 103 Å². The van der Waals surface area contributed by atoms with Crippen LogP contribution in [0.15, 0.2) is 24.4 Å². The van der Waals surface area contributed by atoms with E-state index in [4.69, 9.17) is 0 Å². The lowest BCUT2D eigenvalue weighted by atomic mass is 10.1. The minimum atomic E-state index is -4.76. The molecule has 1 radical (unpaired) electrons. The van der Waals surface area contributed by atoms with Gasteiger partial charge in [0.05, 0.1) is 11.8 Å². The maximum atomic E-state index is 13.5. The first-order valence-corrected chi connectivity index (χ1v) is 4.89. The minimum Gasteiger partial charge on any atom is -0.250 e. The van der Waals surface area contributed by atoms with Crippen LogP contribution in [-0.4, -0.2) is 4.98 Å². The lowest BCUT2D eigenvalue weighted by molar-refractivity contribution is -0.138. The Balaban J connectivity index is 2.52. The van der Waals surface area contributed by atoms with Crippen LogP contribution in [0.2, 0.25) is 0 Å². The van der Waals surface area contributed by atoms with Crippen LogP contribution in [0, 0.1) is 23.5 Å². The molecule has 0 spiro atoms. The Kier molecular flexibility index (Phi) is 3.21. The molecule has 0 fully saturated rings. The third kappa shape index (κ3) is 2.69. The van der Waals surface area contributed by atoms with Crippen LogP contribution in [-0.2, 0) is 6.18 Å². The number of benzene rings is 1. The molecule has 1 heterocycles. The van der Waals surface area contributed by atoms with E-state index in [9.17, 15) is 26.3 Å². The van der Waals surface area contributed by atoms with E-state index in [1.54, 1.807) is 0 Å². The standard InChI is InChI=1S/C12H4F6N/c13-7-4-10(15)11(19-5-7)8-2-1-6(3-9(8)14)12(16,17)18/h1-2,4-5H. The molecule has 0 aliphatic heterocycles. The number of nitrogens with zero attached hydrogens (tertiary/aromatic N) is 1. The van der Waals surface area contributed by atoms with E-state index in [-0.39, 0.29) is 0 Å². The number of halogens is 6. The third-order valence-corrected chi connectivity index (χ3v) is 2.27. The van der Waals surface area contributed by atoms with E-state index in [2.05, 4.69) is 4.98 Å². The molecular formula is C12H4F6N. The van der Waals surface area contributed by atoms with Gasteiger partial charge in [0.2, 0.25) is 0 Å². The van der Waals surface area contributed by atoms with Gasteiger partial charge in [0.25, 0.3) is 0 Å². The largest absolute Gasteiger partial charge is 0.417 e. The van der Waals surface area contributed by atoms with E-state index in [0.717, 1.165) is 6.07 Å². The predicted molar refractivity (Wildman–Crippen MR) is 53.4 cm³/mol. The Morgan fingerprint density at radius 3 is 2.26 bits per heavy atom. The summed E-state index contributed by atoms with van der Waals surface area (Å²) in [6.07, 6.45) is -4.12. The van der Waals surface area contributed by atoms with Gasteiger partial charge in [-0.05, 0) is 12.1 Å². The first-order valence-electron chi connectivity index (χ1n) is 4.89. The number of hydrogen-bond acceptors (Lipinski definition) is 1. The summed E-state index contributed by atoms with van der Waals surface area (Å²) in [5.74, 6) is -3.56. The first kappa shape index (κ1) is 13.4. The average Bonchev–Trinajstić information content (AvgIpc) is 2.28. The molecule has 99 valence electrons. The van der Waals surface area contributed by atoms with Crippen LogP contribution in [0.5, 0.6) is 0 Å². The maximum Gasteiger partial charge on any atom is 0.417 e. The number of hydrogen-bond donors (Lipinski definition) is 0. The fourth-order valence-corrected chi connectivity index (χ4v) is 1.43. The molecule has 1 aromatic carbocycles. The summed E-state index contributed by atoms with van der Waals surface area (Å²) in [5.41, 5.74) is -2.43. The summed E-state index contributed by atoms with van der Waals surface area (Å²) in [6.45, 7) is 0. The highest BCUT2D eigenvalue weighted by Gasteiger charge is 2.32. The Morgan fingerprint density at radius 2 is 1.74 bits per heavy atom. The molecule has 19 heavy (non-hydrogen) atoms. The highest BCUT2D eigenvalue weighted by molar-refractivity contribution is 5.60. The molecule has 2 aromatic rings. The molecule has 0 unspecified atom stereocenters. The predicted octanol–water partition coefficient (Wildman–Crippen LogP) is 3.98. The summed E-state index contributed by atoms with van der Waals surface area (Å²) in [5, 5.41) is 0. The summed E-state index contributed by atoms with van der Waals surface area (Å²) < 4.78 is 76.4. The van der Waals surface area contributed by atoms with Crippen molar-refractivity contribution in [2.75, 3.05) is 0 Å². The van der Waals surface area contributed by atoms with E-state index in [1.165, 1.54) is 6.07 Å². The average molecular weight is 276 g/mol. The van der Waals surface area contributed by atoms with Gasteiger partial charge in [0.15, 0.2) is 5.82 Å². The van der Waals surface area contributed by atoms with Crippen molar-refractivity contribution < 1.29 is 26.3 Å². The van der Waals surface area contributed by atoms with Crippen LogP contribution in [0.25, 0.3) is 11.3 Å². The molecule has 0 saturated carbocycles.